The predicted octanol–water partition coefficient (Wildman–Crippen LogP) is 2.79. The minimum absolute atomic E-state index is 0.330. The van der Waals surface area contributed by atoms with Gasteiger partial charge in [0.05, 0.1) is 6.20 Å². The molecule has 7 nitrogen and oxygen atoms in total. The molecule has 0 bridgehead atoms. The lowest BCUT2D eigenvalue weighted by molar-refractivity contribution is -0.118. The van der Waals surface area contributed by atoms with Crippen LogP contribution in [0.1, 0.15) is 46.2 Å². The number of H-pyrrole nitrogens is 1. The first-order valence-corrected chi connectivity index (χ1v) is 9.35. The number of carbonyl (C=O) groups is 2. The second-order valence-electron chi connectivity index (χ2n) is 6.79. The molecule has 142 valence electrons. The van der Waals surface area contributed by atoms with Crippen LogP contribution in [0.3, 0.4) is 0 Å². The van der Waals surface area contributed by atoms with Crippen LogP contribution >= 0.6 is 0 Å². The van der Waals surface area contributed by atoms with Crippen LogP contribution in [0, 0.1) is 0 Å². The van der Waals surface area contributed by atoms with Gasteiger partial charge in [-0.1, -0.05) is 36.4 Å². The number of aromatic nitrogens is 3. The molecule has 1 aliphatic rings. The fourth-order valence-electron chi connectivity index (χ4n) is 3.39. The highest BCUT2D eigenvalue weighted by atomic mass is 16.2. The van der Waals surface area contributed by atoms with E-state index in [-0.39, 0.29) is 11.8 Å². The molecule has 4 rings (SSSR count). The van der Waals surface area contributed by atoms with Crippen molar-refractivity contribution < 1.29 is 9.59 Å². The van der Waals surface area contributed by atoms with Gasteiger partial charge in [-0.25, -0.2) is 4.98 Å². The van der Waals surface area contributed by atoms with Crippen molar-refractivity contribution >= 4 is 17.6 Å². The van der Waals surface area contributed by atoms with Crippen LogP contribution in [0.25, 0.3) is 0 Å². The van der Waals surface area contributed by atoms with Crippen molar-refractivity contribution in [1.29, 1.82) is 0 Å². The van der Waals surface area contributed by atoms with Crippen molar-refractivity contribution in [2.24, 2.45) is 0 Å². The molecule has 2 amide bonds. The van der Waals surface area contributed by atoms with Gasteiger partial charge >= 0.3 is 0 Å². The lowest BCUT2D eigenvalue weighted by atomic mass is 9.96. The number of aryl methyl sites for hydroxylation is 2. The van der Waals surface area contributed by atoms with Crippen molar-refractivity contribution in [2.75, 3.05) is 5.32 Å². The number of aromatic amines is 1. The number of anilines is 1. The van der Waals surface area contributed by atoms with Gasteiger partial charge < -0.3 is 10.6 Å². The van der Waals surface area contributed by atoms with Crippen LogP contribution in [-0.4, -0.2) is 27.0 Å². The van der Waals surface area contributed by atoms with Gasteiger partial charge in [-0.2, -0.15) is 5.10 Å². The van der Waals surface area contributed by atoms with Crippen LogP contribution in [0.2, 0.25) is 0 Å². The third kappa shape index (κ3) is 3.93. The molecule has 1 atom stereocenters. The van der Waals surface area contributed by atoms with Crippen molar-refractivity contribution in [3.05, 3.63) is 77.2 Å². The predicted molar refractivity (Wildman–Crippen MR) is 105 cm³/mol. The number of pyridine rings is 1. The van der Waals surface area contributed by atoms with Crippen molar-refractivity contribution in [3.63, 3.8) is 0 Å². The van der Waals surface area contributed by atoms with E-state index in [0.717, 1.165) is 31.4 Å². The van der Waals surface area contributed by atoms with E-state index in [2.05, 4.69) is 25.8 Å². The molecule has 0 unspecified atom stereocenters. The Hall–Kier alpha value is -3.48. The molecule has 0 spiro atoms. The maximum Gasteiger partial charge on any atom is 0.270 e. The van der Waals surface area contributed by atoms with Crippen LogP contribution in [0.15, 0.2) is 54.7 Å². The van der Waals surface area contributed by atoms with Gasteiger partial charge in [0.2, 0.25) is 0 Å². The first kappa shape index (κ1) is 17.9. The molecular formula is C21H21N5O2. The number of carbonyl (C=O) groups excluding carboxylic acids is 2. The number of hydrogen-bond donors (Lipinski definition) is 3. The summed E-state index contributed by atoms with van der Waals surface area (Å²) in [4.78, 5) is 30.2. The molecule has 1 aromatic carbocycles. The van der Waals surface area contributed by atoms with E-state index < -0.39 is 6.04 Å². The molecule has 3 aromatic rings. The van der Waals surface area contributed by atoms with E-state index in [1.165, 1.54) is 5.56 Å². The highest BCUT2D eigenvalue weighted by Crippen LogP contribution is 2.20. The van der Waals surface area contributed by atoms with Gasteiger partial charge in [0.15, 0.2) is 0 Å². The Bertz CT molecular complexity index is 970. The molecule has 28 heavy (non-hydrogen) atoms. The molecule has 0 radical (unpaired) electrons. The fraction of sp³-hybridized carbons (Fsp3) is 0.238. The lowest BCUT2D eigenvalue weighted by Gasteiger charge is -2.19. The van der Waals surface area contributed by atoms with E-state index in [1.54, 1.807) is 30.5 Å². The summed E-state index contributed by atoms with van der Waals surface area (Å²) >= 11 is 0. The Balaban J connectivity index is 1.56. The summed E-state index contributed by atoms with van der Waals surface area (Å²) in [5.74, 6) is -0.268. The summed E-state index contributed by atoms with van der Waals surface area (Å²) in [5.41, 5.74) is 3.21. The number of nitrogens with zero attached hydrogens (tertiary/aromatic N) is 2. The Kier molecular flexibility index (Phi) is 5.14. The van der Waals surface area contributed by atoms with Gasteiger partial charge in [0.25, 0.3) is 11.8 Å². The van der Waals surface area contributed by atoms with Gasteiger partial charge in [-0.05, 0) is 42.9 Å². The Labute approximate surface area is 162 Å². The van der Waals surface area contributed by atoms with Crippen molar-refractivity contribution in [1.82, 2.24) is 20.5 Å². The Morgan fingerprint density at radius 3 is 2.61 bits per heavy atom. The second kappa shape index (κ2) is 8.04. The van der Waals surface area contributed by atoms with Gasteiger partial charge in [-0.3, -0.25) is 14.7 Å². The first-order chi connectivity index (χ1) is 13.7. The topological polar surface area (TPSA) is 99.8 Å². The van der Waals surface area contributed by atoms with Gasteiger partial charge in [-0.15, -0.1) is 0 Å². The molecule has 0 fully saturated rings. The summed E-state index contributed by atoms with van der Waals surface area (Å²) in [6.45, 7) is 0. The van der Waals surface area contributed by atoms with E-state index in [4.69, 9.17) is 0 Å². The number of hydrogen-bond acceptors (Lipinski definition) is 4. The largest absolute Gasteiger partial charge is 0.335 e. The van der Waals surface area contributed by atoms with Crippen LogP contribution in [0.4, 0.5) is 5.82 Å². The maximum absolute atomic E-state index is 12.8. The Morgan fingerprint density at radius 2 is 1.82 bits per heavy atom. The summed E-state index contributed by atoms with van der Waals surface area (Å²) in [7, 11) is 0. The average Bonchev–Trinajstić information content (AvgIpc) is 3.25. The average molecular weight is 375 g/mol. The number of fused-ring (bicyclic) bond motifs is 1. The summed E-state index contributed by atoms with van der Waals surface area (Å²) in [5, 5.41) is 12.1. The molecule has 0 saturated carbocycles. The normalized spacial score (nSPS) is 14.0. The summed E-state index contributed by atoms with van der Waals surface area (Å²) in [6.07, 6.45) is 5.68. The minimum atomic E-state index is -0.852. The third-order valence-corrected chi connectivity index (χ3v) is 4.84. The van der Waals surface area contributed by atoms with E-state index >= 15 is 0 Å². The molecule has 7 heteroatoms. The van der Waals surface area contributed by atoms with E-state index in [9.17, 15) is 9.59 Å². The maximum atomic E-state index is 12.8. The zero-order valence-corrected chi connectivity index (χ0v) is 15.3. The molecule has 2 aromatic heterocycles. The zero-order valence-electron chi connectivity index (χ0n) is 15.3. The third-order valence-electron chi connectivity index (χ3n) is 4.84. The molecule has 2 heterocycles. The SMILES string of the molecule is O=C(N[C@@H](C(=O)Nc1ccn[nH]1)c1ccccc1)c1ccc2c(n1)CCCC2. The van der Waals surface area contributed by atoms with Crippen molar-refractivity contribution in [2.45, 2.75) is 31.7 Å². The highest BCUT2D eigenvalue weighted by molar-refractivity contribution is 6.00. The van der Waals surface area contributed by atoms with Crippen LogP contribution in [-0.2, 0) is 17.6 Å². The number of rotatable bonds is 5. The quantitative estimate of drug-likeness (QED) is 0.638. The first-order valence-electron chi connectivity index (χ1n) is 9.35. The number of benzene rings is 1. The van der Waals surface area contributed by atoms with Gasteiger partial charge in [0, 0.05) is 11.8 Å². The number of amides is 2. The van der Waals surface area contributed by atoms with Gasteiger partial charge in [0.1, 0.15) is 17.6 Å². The monoisotopic (exact) mass is 375 g/mol. The molecule has 0 saturated heterocycles. The fourth-order valence-corrected chi connectivity index (χ4v) is 3.39. The standard InChI is InChI=1S/C21H21N5O2/c27-20(17-11-10-14-6-4-5-9-16(14)23-17)25-19(15-7-2-1-3-8-15)21(28)24-18-12-13-22-26-18/h1-3,7-8,10-13,19H,4-6,9H2,(H,25,27)(H2,22,24,26,28)/t19-/m1/s1. The zero-order chi connectivity index (χ0) is 19.3. The summed E-state index contributed by atoms with van der Waals surface area (Å²) in [6, 6.07) is 13.6. The van der Waals surface area contributed by atoms with Crippen LogP contribution in [0.5, 0.6) is 0 Å². The Morgan fingerprint density at radius 1 is 1.00 bits per heavy atom. The smallest absolute Gasteiger partial charge is 0.270 e. The summed E-state index contributed by atoms with van der Waals surface area (Å²) < 4.78 is 0. The van der Waals surface area contributed by atoms with E-state index in [0.29, 0.717) is 17.1 Å². The molecule has 3 N–H and O–H groups in total. The van der Waals surface area contributed by atoms with Crippen LogP contribution < -0.4 is 10.6 Å². The number of nitrogens with one attached hydrogen (secondary N) is 3. The second-order valence-corrected chi connectivity index (χ2v) is 6.79. The highest BCUT2D eigenvalue weighted by Gasteiger charge is 2.25. The lowest BCUT2D eigenvalue weighted by Crippen LogP contribution is -2.37. The van der Waals surface area contributed by atoms with E-state index in [1.807, 2.05) is 24.3 Å². The van der Waals surface area contributed by atoms with Crippen molar-refractivity contribution in [3.8, 4) is 0 Å². The molecule has 0 aliphatic heterocycles. The molecule has 1 aliphatic carbocycles. The minimum Gasteiger partial charge on any atom is -0.335 e. The molecular weight excluding hydrogens is 354 g/mol.